The lowest BCUT2D eigenvalue weighted by Crippen LogP contribution is -2.59. The van der Waals surface area contributed by atoms with E-state index in [1.807, 2.05) is 30.0 Å². The Balaban J connectivity index is 1.44. The zero-order valence-corrected chi connectivity index (χ0v) is 13.1. The molecule has 1 N–H and O–H groups in total. The predicted octanol–water partition coefficient (Wildman–Crippen LogP) is 1.68. The Kier molecular flexibility index (Phi) is 3.66. The maximum Gasteiger partial charge on any atom is 0.321 e. The quantitative estimate of drug-likeness (QED) is 0.867. The number of ether oxygens (including phenoxy) is 1. The highest BCUT2D eigenvalue weighted by atomic mass is 16.5. The third-order valence-corrected chi connectivity index (χ3v) is 4.47. The van der Waals surface area contributed by atoms with Gasteiger partial charge in [-0.15, -0.1) is 0 Å². The molecule has 0 spiro atoms. The summed E-state index contributed by atoms with van der Waals surface area (Å²) in [5.41, 5.74) is 2.21. The van der Waals surface area contributed by atoms with Gasteiger partial charge in [-0.3, -0.25) is 4.90 Å². The van der Waals surface area contributed by atoms with E-state index in [1.54, 1.807) is 0 Å². The van der Waals surface area contributed by atoms with Crippen LogP contribution >= 0.6 is 0 Å². The van der Waals surface area contributed by atoms with E-state index in [2.05, 4.69) is 15.2 Å². The Labute approximate surface area is 134 Å². The molecule has 4 rings (SSSR count). The maximum absolute atomic E-state index is 12.5. The first-order valence-electron chi connectivity index (χ1n) is 7.94. The van der Waals surface area contributed by atoms with Gasteiger partial charge in [0.2, 0.25) is 0 Å². The minimum absolute atomic E-state index is 0.0780. The third kappa shape index (κ3) is 2.89. The van der Waals surface area contributed by atoms with Crippen LogP contribution in [0, 0.1) is 6.92 Å². The van der Waals surface area contributed by atoms with Crippen LogP contribution in [0.3, 0.4) is 0 Å². The number of hydrogen-bond donors (Lipinski definition) is 1. The highest BCUT2D eigenvalue weighted by molar-refractivity contribution is 5.91. The summed E-state index contributed by atoms with van der Waals surface area (Å²) in [4.78, 5) is 21.0. The van der Waals surface area contributed by atoms with Gasteiger partial charge in [-0.1, -0.05) is 0 Å². The number of piperazine rings is 1. The molecule has 2 aliphatic heterocycles. The number of urea groups is 1. The van der Waals surface area contributed by atoms with Crippen LogP contribution in [0.25, 0.3) is 11.1 Å². The number of nitrogens with one attached hydrogen (secondary N) is 1. The molecule has 7 heteroatoms. The number of morpholine rings is 1. The molecule has 0 saturated carbocycles. The van der Waals surface area contributed by atoms with Crippen molar-refractivity contribution < 1.29 is 13.9 Å². The van der Waals surface area contributed by atoms with E-state index in [0.29, 0.717) is 30.7 Å². The van der Waals surface area contributed by atoms with Gasteiger partial charge in [-0.05, 0) is 12.1 Å². The number of rotatable bonds is 1. The number of carbonyl (C=O) groups is 1. The SMILES string of the molecule is Cc1nc2ccc(NC(=O)N3CCN4CCOCC4C3)cc2o1. The first-order valence-corrected chi connectivity index (χ1v) is 7.94. The van der Waals surface area contributed by atoms with Crippen LogP contribution in [0.4, 0.5) is 10.5 Å². The molecule has 122 valence electrons. The fourth-order valence-corrected chi connectivity index (χ4v) is 3.25. The summed E-state index contributed by atoms with van der Waals surface area (Å²) in [5.74, 6) is 0.622. The van der Waals surface area contributed by atoms with Crippen molar-refractivity contribution in [2.75, 3.05) is 44.7 Å². The van der Waals surface area contributed by atoms with Gasteiger partial charge in [0.05, 0.1) is 19.3 Å². The Hall–Kier alpha value is -2.12. The number of aromatic nitrogens is 1. The first kappa shape index (κ1) is 14.5. The topological polar surface area (TPSA) is 70.8 Å². The zero-order chi connectivity index (χ0) is 15.8. The summed E-state index contributed by atoms with van der Waals surface area (Å²) < 4.78 is 11.0. The molecule has 1 atom stereocenters. The fourth-order valence-electron chi connectivity index (χ4n) is 3.25. The fraction of sp³-hybridized carbons (Fsp3) is 0.500. The Morgan fingerprint density at radius 3 is 3.17 bits per heavy atom. The first-order chi connectivity index (χ1) is 11.2. The van der Waals surface area contributed by atoms with Crippen LogP contribution in [-0.4, -0.2) is 66.2 Å². The number of anilines is 1. The summed E-state index contributed by atoms with van der Waals surface area (Å²) in [6.07, 6.45) is 0. The average molecular weight is 316 g/mol. The molecule has 2 amide bonds. The summed E-state index contributed by atoms with van der Waals surface area (Å²) in [5, 5.41) is 2.95. The summed E-state index contributed by atoms with van der Waals surface area (Å²) >= 11 is 0. The van der Waals surface area contributed by atoms with Gasteiger partial charge >= 0.3 is 6.03 Å². The van der Waals surface area contributed by atoms with E-state index >= 15 is 0 Å². The Bertz CT molecular complexity index is 729. The molecule has 0 radical (unpaired) electrons. The van der Waals surface area contributed by atoms with Crippen molar-refractivity contribution >= 4 is 22.8 Å². The minimum Gasteiger partial charge on any atom is -0.441 e. The van der Waals surface area contributed by atoms with Gasteiger partial charge in [0.15, 0.2) is 11.5 Å². The van der Waals surface area contributed by atoms with Crippen molar-refractivity contribution in [1.82, 2.24) is 14.8 Å². The van der Waals surface area contributed by atoms with Crippen LogP contribution in [0.1, 0.15) is 5.89 Å². The summed E-state index contributed by atoms with van der Waals surface area (Å²) in [7, 11) is 0. The standard InChI is InChI=1S/C16H20N4O3/c1-11-17-14-3-2-12(8-15(14)23-11)18-16(21)20-5-4-19-6-7-22-10-13(19)9-20/h2-3,8,13H,4-7,9-10H2,1H3,(H,18,21). The second kappa shape index (κ2) is 5.82. The molecular weight excluding hydrogens is 296 g/mol. The lowest BCUT2D eigenvalue weighted by atomic mass is 10.1. The minimum atomic E-state index is -0.0780. The van der Waals surface area contributed by atoms with E-state index in [9.17, 15) is 4.79 Å². The second-order valence-corrected chi connectivity index (χ2v) is 6.06. The molecule has 2 aromatic rings. The van der Waals surface area contributed by atoms with Crippen molar-refractivity contribution in [3.05, 3.63) is 24.1 Å². The average Bonchev–Trinajstić information content (AvgIpc) is 2.93. The normalized spacial score (nSPS) is 22.1. The van der Waals surface area contributed by atoms with Crippen molar-refractivity contribution in [3.8, 4) is 0 Å². The largest absolute Gasteiger partial charge is 0.441 e. The number of aryl methyl sites for hydroxylation is 1. The molecule has 1 aromatic carbocycles. The van der Waals surface area contributed by atoms with Gasteiger partial charge in [0, 0.05) is 44.9 Å². The van der Waals surface area contributed by atoms with Crippen molar-refractivity contribution in [1.29, 1.82) is 0 Å². The summed E-state index contributed by atoms with van der Waals surface area (Å²) in [6, 6.07) is 5.75. The van der Waals surface area contributed by atoms with Gasteiger partial charge in [-0.25, -0.2) is 9.78 Å². The molecule has 7 nitrogen and oxygen atoms in total. The number of carbonyl (C=O) groups excluding carboxylic acids is 1. The molecule has 0 aliphatic carbocycles. The van der Waals surface area contributed by atoms with Gasteiger partial charge in [0.1, 0.15) is 5.52 Å². The van der Waals surface area contributed by atoms with E-state index in [4.69, 9.17) is 9.15 Å². The number of fused-ring (bicyclic) bond motifs is 2. The van der Waals surface area contributed by atoms with Crippen LogP contribution < -0.4 is 5.32 Å². The third-order valence-electron chi connectivity index (χ3n) is 4.47. The Morgan fingerprint density at radius 1 is 1.35 bits per heavy atom. The molecule has 1 aromatic heterocycles. The van der Waals surface area contributed by atoms with Crippen LogP contribution in [0.5, 0.6) is 0 Å². The number of oxazole rings is 1. The van der Waals surface area contributed by atoms with E-state index < -0.39 is 0 Å². The molecular formula is C16H20N4O3. The van der Waals surface area contributed by atoms with Gasteiger partial charge in [-0.2, -0.15) is 0 Å². The predicted molar refractivity (Wildman–Crippen MR) is 85.5 cm³/mol. The van der Waals surface area contributed by atoms with E-state index in [0.717, 1.165) is 37.4 Å². The molecule has 3 heterocycles. The molecule has 23 heavy (non-hydrogen) atoms. The number of amides is 2. The van der Waals surface area contributed by atoms with E-state index in [-0.39, 0.29) is 6.03 Å². The van der Waals surface area contributed by atoms with Crippen LogP contribution in [0.2, 0.25) is 0 Å². The lowest BCUT2D eigenvalue weighted by Gasteiger charge is -2.43. The second-order valence-electron chi connectivity index (χ2n) is 6.06. The number of nitrogens with zero attached hydrogens (tertiary/aromatic N) is 3. The highest BCUT2D eigenvalue weighted by Gasteiger charge is 2.31. The molecule has 0 bridgehead atoms. The van der Waals surface area contributed by atoms with Crippen molar-refractivity contribution in [2.45, 2.75) is 13.0 Å². The lowest BCUT2D eigenvalue weighted by molar-refractivity contribution is -0.0355. The summed E-state index contributed by atoms with van der Waals surface area (Å²) in [6.45, 7) is 6.61. The zero-order valence-electron chi connectivity index (χ0n) is 13.1. The van der Waals surface area contributed by atoms with Gasteiger partial charge in [0.25, 0.3) is 0 Å². The molecule has 2 aliphatic rings. The molecule has 1 unspecified atom stereocenters. The maximum atomic E-state index is 12.5. The van der Waals surface area contributed by atoms with Crippen molar-refractivity contribution in [2.24, 2.45) is 0 Å². The van der Waals surface area contributed by atoms with E-state index in [1.165, 1.54) is 0 Å². The molecule has 2 saturated heterocycles. The van der Waals surface area contributed by atoms with Gasteiger partial charge < -0.3 is 19.4 Å². The Morgan fingerprint density at radius 2 is 2.26 bits per heavy atom. The van der Waals surface area contributed by atoms with Crippen molar-refractivity contribution in [3.63, 3.8) is 0 Å². The smallest absolute Gasteiger partial charge is 0.321 e. The number of hydrogen-bond acceptors (Lipinski definition) is 5. The monoisotopic (exact) mass is 316 g/mol. The number of benzene rings is 1. The molecule has 2 fully saturated rings. The highest BCUT2D eigenvalue weighted by Crippen LogP contribution is 2.21. The van der Waals surface area contributed by atoms with Crippen LogP contribution in [-0.2, 0) is 4.74 Å². The van der Waals surface area contributed by atoms with Crippen LogP contribution in [0.15, 0.2) is 22.6 Å².